The second-order valence-electron chi connectivity index (χ2n) is 6.07. The van der Waals surface area contributed by atoms with Gasteiger partial charge in [-0.25, -0.2) is 13.1 Å². The summed E-state index contributed by atoms with van der Waals surface area (Å²) in [6.07, 6.45) is 3.94. The number of nitrogens with one attached hydrogen (secondary N) is 1. The molecule has 1 N–H and O–H groups in total. The average molecular weight is 431 g/mol. The Morgan fingerprint density at radius 2 is 1.65 bits per heavy atom. The lowest BCUT2D eigenvalue weighted by Gasteiger charge is -2.21. The highest BCUT2D eigenvalue weighted by Crippen LogP contribution is 2.27. The Morgan fingerprint density at radius 3 is 2.31 bits per heavy atom. The molecule has 1 unspecified atom stereocenters. The van der Waals surface area contributed by atoms with Gasteiger partial charge in [0.05, 0.1) is 10.9 Å². The van der Waals surface area contributed by atoms with E-state index in [9.17, 15) is 8.42 Å². The minimum Gasteiger partial charge on any atom is -0.265 e. The molecule has 0 saturated heterocycles. The van der Waals surface area contributed by atoms with E-state index in [4.69, 9.17) is 0 Å². The Labute approximate surface area is 162 Å². The maximum Gasteiger partial charge on any atom is 0.241 e. The fraction of sp³-hybridized carbons (Fsp3) is 0.150. The minimum absolute atomic E-state index is 0.259. The SMILES string of the molecule is Cc1ccc(S(=O)(=O)NC(Cc2ccncc2)c2ccccc2Br)cc1. The average Bonchev–Trinajstić information content (AvgIpc) is 2.63. The minimum atomic E-state index is -3.65. The lowest BCUT2D eigenvalue weighted by atomic mass is 10.0. The maximum atomic E-state index is 12.9. The summed E-state index contributed by atoms with van der Waals surface area (Å²) in [5, 5.41) is 0. The van der Waals surface area contributed by atoms with E-state index in [1.165, 1.54) is 0 Å². The molecule has 1 atom stereocenters. The normalized spacial score (nSPS) is 12.7. The van der Waals surface area contributed by atoms with Crippen LogP contribution in [0.3, 0.4) is 0 Å². The Hall–Kier alpha value is -2.02. The number of hydrogen-bond donors (Lipinski definition) is 1. The summed E-state index contributed by atoms with van der Waals surface area (Å²) in [4.78, 5) is 4.28. The zero-order valence-corrected chi connectivity index (χ0v) is 16.7. The van der Waals surface area contributed by atoms with Gasteiger partial charge >= 0.3 is 0 Å². The molecule has 0 aliphatic carbocycles. The zero-order chi connectivity index (χ0) is 18.6. The molecule has 26 heavy (non-hydrogen) atoms. The molecule has 134 valence electrons. The second-order valence-corrected chi connectivity index (χ2v) is 8.64. The van der Waals surface area contributed by atoms with Crippen LogP contribution in [0.1, 0.15) is 22.7 Å². The molecule has 3 rings (SSSR count). The van der Waals surface area contributed by atoms with E-state index in [0.717, 1.165) is 21.2 Å². The number of halogens is 1. The first-order valence-corrected chi connectivity index (χ1v) is 10.5. The number of aryl methyl sites for hydroxylation is 1. The summed E-state index contributed by atoms with van der Waals surface area (Å²) < 4.78 is 29.5. The number of nitrogens with zero attached hydrogens (tertiary/aromatic N) is 1. The largest absolute Gasteiger partial charge is 0.265 e. The van der Waals surface area contributed by atoms with Gasteiger partial charge in [-0.1, -0.05) is 51.8 Å². The summed E-state index contributed by atoms with van der Waals surface area (Å²) in [5.74, 6) is 0. The van der Waals surface area contributed by atoms with E-state index in [2.05, 4.69) is 25.6 Å². The number of hydrogen-bond acceptors (Lipinski definition) is 3. The number of sulfonamides is 1. The molecule has 0 amide bonds. The first kappa shape index (κ1) is 18.8. The quantitative estimate of drug-likeness (QED) is 0.629. The van der Waals surface area contributed by atoms with E-state index in [-0.39, 0.29) is 4.90 Å². The third kappa shape index (κ3) is 4.58. The molecule has 6 heteroatoms. The van der Waals surface area contributed by atoms with Crippen LogP contribution >= 0.6 is 15.9 Å². The van der Waals surface area contributed by atoms with Crippen LogP contribution in [0.4, 0.5) is 0 Å². The van der Waals surface area contributed by atoms with Crippen LogP contribution in [-0.4, -0.2) is 13.4 Å². The van der Waals surface area contributed by atoms with Crippen molar-refractivity contribution in [1.82, 2.24) is 9.71 Å². The van der Waals surface area contributed by atoms with Crippen molar-refractivity contribution in [3.8, 4) is 0 Å². The van der Waals surface area contributed by atoms with Crippen molar-refractivity contribution >= 4 is 26.0 Å². The van der Waals surface area contributed by atoms with Crippen molar-refractivity contribution < 1.29 is 8.42 Å². The third-order valence-electron chi connectivity index (χ3n) is 4.10. The molecule has 3 aromatic rings. The van der Waals surface area contributed by atoms with Crippen LogP contribution in [0.2, 0.25) is 0 Å². The third-order valence-corrected chi connectivity index (χ3v) is 6.31. The summed E-state index contributed by atoms with van der Waals surface area (Å²) in [7, 11) is -3.65. The van der Waals surface area contributed by atoms with Crippen molar-refractivity contribution in [2.75, 3.05) is 0 Å². The number of benzene rings is 2. The van der Waals surface area contributed by atoms with Gasteiger partial charge in [0.25, 0.3) is 0 Å². The summed E-state index contributed by atoms with van der Waals surface area (Å²) in [5.41, 5.74) is 2.91. The monoisotopic (exact) mass is 430 g/mol. The van der Waals surface area contributed by atoms with E-state index in [1.807, 2.05) is 43.3 Å². The van der Waals surface area contributed by atoms with Crippen LogP contribution in [0.5, 0.6) is 0 Å². The van der Waals surface area contributed by atoms with E-state index in [0.29, 0.717) is 6.42 Å². The van der Waals surface area contributed by atoms with Gasteiger partial charge in [0.2, 0.25) is 10.0 Å². The highest BCUT2D eigenvalue weighted by molar-refractivity contribution is 9.10. The van der Waals surface area contributed by atoms with Crippen LogP contribution in [0.25, 0.3) is 0 Å². The van der Waals surface area contributed by atoms with Crippen LogP contribution in [0, 0.1) is 6.92 Å². The molecule has 0 bridgehead atoms. The van der Waals surface area contributed by atoms with E-state index in [1.54, 1.807) is 36.7 Å². The van der Waals surface area contributed by atoms with Gasteiger partial charge in [0.15, 0.2) is 0 Å². The van der Waals surface area contributed by atoms with Gasteiger partial charge < -0.3 is 0 Å². The van der Waals surface area contributed by atoms with Crippen LogP contribution < -0.4 is 4.72 Å². The van der Waals surface area contributed by atoms with Crippen molar-refractivity contribution in [3.63, 3.8) is 0 Å². The Bertz CT molecular complexity index is 974. The summed E-state index contributed by atoms with van der Waals surface area (Å²) in [6.45, 7) is 1.93. The van der Waals surface area contributed by atoms with Crippen LogP contribution in [-0.2, 0) is 16.4 Å². The second kappa shape index (κ2) is 8.12. The highest BCUT2D eigenvalue weighted by atomic mass is 79.9. The Morgan fingerprint density at radius 1 is 1.00 bits per heavy atom. The van der Waals surface area contributed by atoms with Crippen molar-refractivity contribution in [2.24, 2.45) is 0 Å². The predicted octanol–water partition coefficient (Wildman–Crippen LogP) is 4.41. The topological polar surface area (TPSA) is 59.1 Å². The number of rotatable bonds is 6. The maximum absolute atomic E-state index is 12.9. The van der Waals surface area contributed by atoms with Crippen molar-refractivity contribution in [3.05, 3.63) is 94.2 Å². The Balaban J connectivity index is 1.95. The Kier molecular flexibility index (Phi) is 5.86. The molecule has 0 aliphatic rings. The van der Waals surface area contributed by atoms with Gasteiger partial charge in [-0.05, 0) is 54.8 Å². The standard InChI is InChI=1S/C20H19BrN2O2S/c1-15-6-8-17(9-7-15)26(24,25)23-20(14-16-10-12-22-13-11-16)18-4-2-3-5-19(18)21/h2-13,20,23H,14H2,1H3. The van der Waals surface area contributed by atoms with Crippen LogP contribution in [0.15, 0.2) is 82.4 Å². The first-order valence-electron chi connectivity index (χ1n) is 8.18. The zero-order valence-electron chi connectivity index (χ0n) is 14.3. The number of pyridine rings is 1. The lowest BCUT2D eigenvalue weighted by molar-refractivity contribution is 0.554. The molecule has 4 nitrogen and oxygen atoms in total. The summed E-state index contributed by atoms with van der Waals surface area (Å²) >= 11 is 3.54. The fourth-order valence-electron chi connectivity index (χ4n) is 2.70. The van der Waals surface area contributed by atoms with Gasteiger partial charge in [-0.3, -0.25) is 4.98 Å². The van der Waals surface area contributed by atoms with E-state index < -0.39 is 16.1 Å². The molecule has 0 radical (unpaired) electrons. The van der Waals surface area contributed by atoms with Gasteiger partial charge in [0, 0.05) is 16.9 Å². The molecule has 0 saturated carbocycles. The lowest BCUT2D eigenvalue weighted by Crippen LogP contribution is -2.30. The smallest absolute Gasteiger partial charge is 0.241 e. The molecule has 2 aromatic carbocycles. The molecular formula is C20H19BrN2O2S. The first-order chi connectivity index (χ1) is 12.5. The number of aromatic nitrogens is 1. The molecule has 0 fully saturated rings. The van der Waals surface area contributed by atoms with Crippen molar-refractivity contribution in [1.29, 1.82) is 0 Å². The predicted molar refractivity (Wildman–Crippen MR) is 106 cm³/mol. The molecule has 1 aromatic heterocycles. The van der Waals surface area contributed by atoms with Crippen molar-refractivity contribution in [2.45, 2.75) is 24.3 Å². The molecular weight excluding hydrogens is 412 g/mol. The molecule has 0 spiro atoms. The van der Waals surface area contributed by atoms with E-state index >= 15 is 0 Å². The summed E-state index contributed by atoms with van der Waals surface area (Å²) in [6, 6.07) is 17.9. The fourth-order valence-corrected chi connectivity index (χ4v) is 4.48. The highest BCUT2D eigenvalue weighted by Gasteiger charge is 2.23. The molecule has 0 aliphatic heterocycles. The van der Waals surface area contributed by atoms with Gasteiger partial charge in [0.1, 0.15) is 0 Å². The van der Waals surface area contributed by atoms with Gasteiger partial charge in [-0.2, -0.15) is 0 Å². The van der Waals surface area contributed by atoms with Gasteiger partial charge in [-0.15, -0.1) is 0 Å². The molecule has 1 heterocycles.